The van der Waals surface area contributed by atoms with Crippen molar-refractivity contribution in [3.8, 4) is 0 Å². The Bertz CT molecular complexity index is 1050. The molecule has 1 aliphatic heterocycles. The molecule has 0 spiro atoms. The molecule has 1 aliphatic rings. The van der Waals surface area contributed by atoms with Crippen LogP contribution in [0.4, 0.5) is 0 Å². The Labute approximate surface area is 162 Å². The molecule has 2 N–H and O–H groups in total. The van der Waals surface area contributed by atoms with Crippen molar-refractivity contribution < 1.29 is 9.59 Å². The lowest BCUT2D eigenvalue weighted by molar-refractivity contribution is -0.131. The van der Waals surface area contributed by atoms with Crippen molar-refractivity contribution >= 4 is 22.8 Å². The number of carbonyl (C=O) groups excluding carboxylic acids is 2. The normalized spacial score (nSPS) is 14.9. The fourth-order valence-corrected chi connectivity index (χ4v) is 3.77. The van der Waals surface area contributed by atoms with Crippen LogP contribution in [0.2, 0.25) is 0 Å². The number of para-hydroxylation sites is 2. The first-order valence-electron chi connectivity index (χ1n) is 9.44. The Morgan fingerprint density at radius 3 is 2.43 bits per heavy atom. The van der Waals surface area contributed by atoms with Crippen molar-refractivity contribution in [1.82, 2.24) is 19.8 Å². The highest BCUT2D eigenvalue weighted by atomic mass is 16.2. The first kappa shape index (κ1) is 18.0. The second kappa shape index (κ2) is 7.72. The summed E-state index contributed by atoms with van der Waals surface area (Å²) in [4.78, 5) is 41.5. The molecule has 0 aliphatic carbocycles. The van der Waals surface area contributed by atoms with E-state index in [0.717, 1.165) is 11.0 Å². The monoisotopic (exact) mass is 378 g/mol. The van der Waals surface area contributed by atoms with Gasteiger partial charge in [0.15, 0.2) is 0 Å². The molecule has 1 aromatic heterocycles. The molecule has 1 saturated heterocycles. The summed E-state index contributed by atoms with van der Waals surface area (Å²) < 4.78 is 1.80. The van der Waals surface area contributed by atoms with Gasteiger partial charge in [0.25, 0.3) is 5.91 Å². The van der Waals surface area contributed by atoms with Crippen LogP contribution in [-0.2, 0) is 4.79 Å². The van der Waals surface area contributed by atoms with E-state index >= 15 is 0 Å². The molecule has 2 aromatic carbocycles. The zero-order chi connectivity index (χ0) is 19.5. The van der Waals surface area contributed by atoms with Crippen LogP contribution in [0.5, 0.6) is 0 Å². The molecule has 7 heteroatoms. The lowest BCUT2D eigenvalue weighted by Gasteiger charge is -2.32. The highest BCUT2D eigenvalue weighted by Crippen LogP contribution is 2.24. The summed E-state index contributed by atoms with van der Waals surface area (Å²) in [6.45, 7) is 1.11. The number of fused-ring (bicyclic) bond motifs is 1. The van der Waals surface area contributed by atoms with Gasteiger partial charge in [-0.1, -0.05) is 30.3 Å². The Morgan fingerprint density at radius 2 is 1.68 bits per heavy atom. The first-order chi connectivity index (χ1) is 13.6. The number of imidazole rings is 1. The minimum absolute atomic E-state index is 0.0224. The van der Waals surface area contributed by atoms with Gasteiger partial charge in [0.1, 0.15) is 0 Å². The summed E-state index contributed by atoms with van der Waals surface area (Å²) in [5.41, 5.74) is 2.15. The van der Waals surface area contributed by atoms with Crippen molar-refractivity contribution in [3.63, 3.8) is 0 Å². The maximum Gasteiger partial charge on any atom is 0.326 e. The van der Waals surface area contributed by atoms with Gasteiger partial charge in [-0.15, -0.1) is 0 Å². The van der Waals surface area contributed by atoms with E-state index in [0.29, 0.717) is 31.5 Å². The zero-order valence-electron chi connectivity index (χ0n) is 15.4. The first-order valence-corrected chi connectivity index (χ1v) is 9.44. The molecule has 2 heterocycles. The smallest absolute Gasteiger partial charge is 0.326 e. The van der Waals surface area contributed by atoms with E-state index in [9.17, 15) is 14.4 Å². The molecule has 0 radical (unpaired) electrons. The maximum absolute atomic E-state index is 12.4. The standard InChI is InChI=1S/C21H22N4O3/c26-19(14-22-20(27)15-6-2-1-3-7-15)24-12-10-16(11-13-24)25-18-9-5-4-8-17(18)23-21(25)28/h1-9,16H,10-14H2,(H,22,27)(H,23,28). The van der Waals surface area contributed by atoms with Crippen molar-refractivity contribution in [2.45, 2.75) is 18.9 Å². The van der Waals surface area contributed by atoms with Crippen LogP contribution in [0, 0.1) is 0 Å². The molecular formula is C21H22N4O3. The van der Waals surface area contributed by atoms with Gasteiger partial charge >= 0.3 is 5.69 Å². The molecule has 7 nitrogen and oxygen atoms in total. The topological polar surface area (TPSA) is 87.2 Å². The number of aromatic amines is 1. The van der Waals surface area contributed by atoms with Gasteiger partial charge in [0.2, 0.25) is 5.91 Å². The number of H-pyrrole nitrogens is 1. The highest BCUT2D eigenvalue weighted by Gasteiger charge is 2.26. The summed E-state index contributed by atoms with van der Waals surface area (Å²) in [5, 5.41) is 2.68. The number of benzene rings is 2. The molecule has 144 valence electrons. The molecule has 28 heavy (non-hydrogen) atoms. The van der Waals surface area contributed by atoms with Crippen LogP contribution >= 0.6 is 0 Å². The summed E-state index contributed by atoms with van der Waals surface area (Å²) in [5.74, 6) is -0.358. The van der Waals surface area contributed by atoms with Crippen LogP contribution < -0.4 is 11.0 Å². The zero-order valence-corrected chi connectivity index (χ0v) is 15.4. The summed E-state index contributed by atoms with van der Waals surface area (Å²) in [7, 11) is 0. The number of nitrogens with one attached hydrogen (secondary N) is 2. The van der Waals surface area contributed by atoms with Gasteiger partial charge in [-0.25, -0.2) is 4.79 Å². The van der Waals surface area contributed by atoms with Gasteiger partial charge in [-0.2, -0.15) is 0 Å². The number of rotatable bonds is 4. The molecule has 0 saturated carbocycles. The lowest BCUT2D eigenvalue weighted by Crippen LogP contribution is -2.45. The quantitative estimate of drug-likeness (QED) is 0.727. The fourth-order valence-electron chi connectivity index (χ4n) is 3.77. The van der Waals surface area contributed by atoms with E-state index in [4.69, 9.17) is 0 Å². The number of nitrogens with zero attached hydrogens (tertiary/aromatic N) is 2. The minimum atomic E-state index is -0.255. The minimum Gasteiger partial charge on any atom is -0.343 e. The average molecular weight is 378 g/mol. The summed E-state index contributed by atoms with van der Waals surface area (Å²) >= 11 is 0. The van der Waals surface area contributed by atoms with Crippen LogP contribution in [-0.4, -0.2) is 45.9 Å². The van der Waals surface area contributed by atoms with Gasteiger partial charge in [-0.3, -0.25) is 14.2 Å². The van der Waals surface area contributed by atoms with Crippen LogP contribution in [0.15, 0.2) is 59.4 Å². The molecule has 0 atom stereocenters. The van der Waals surface area contributed by atoms with Crippen molar-refractivity contribution in [1.29, 1.82) is 0 Å². The fraction of sp³-hybridized carbons (Fsp3) is 0.286. The third-order valence-electron chi connectivity index (χ3n) is 5.24. The van der Waals surface area contributed by atoms with Crippen LogP contribution in [0.3, 0.4) is 0 Å². The molecule has 0 bridgehead atoms. The number of piperidine rings is 1. The van der Waals surface area contributed by atoms with Gasteiger partial charge in [-0.05, 0) is 37.1 Å². The SMILES string of the molecule is O=C(NCC(=O)N1CCC(n2c(=O)[nH]c3ccccc32)CC1)c1ccccc1. The molecular weight excluding hydrogens is 356 g/mol. The van der Waals surface area contributed by atoms with Crippen LogP contribution in [0.1, 0.15) is 29.2 Å². The Kier molecular flexibility index (Phi) is 4.97. The number of hydrogen-bond acceptors (Lipinski definition) is 3. The number of hydrogen-bond donors (Lipinski definition) is 2. The maximum atomic E-state index is 12.4. The molecule has 3 aromatic rings. The molecule has 2 amide bonds. The lowest BCUT2D eigenvalue weighted by atomic mass is 10.0. The Hall–Kier alpha value is -3.35. The average Bonchev–Trinajstić information content (AvgIpc) is 3.08. The van der Waals surface area contributed by atoms with Crippen LogP contribution in [0.25, 0.3) is 11.0 Å². The van der Waals surface area contributed by atoms with Gasteiger partial charge in [0, 0.05) is 24.7 Å². The largest absolute Gasteiger partial charge is 0.343 e. The number of likely N-dealkylation sites (tertiary alicyclic amines) is 1. The van der Waals surface area contributed by atoms with E-state index in [-0.39, 0.29) is 30.1 Å². The van der Waals surface area contributed by atoms with Crippen molar-refractivity contribution in [2.24, 2.45) is 0 Å². The summed E-state index contributed by atoms with van der Waals surface area (Å²) in [6, 6.07) is 16.5. The number of carbonyl (C=O) groups is 2. The number of amides is 2. The molecule has 0 unspecified atom stereocenters. The summed E-state index contributed by atoms with van der Waals surface area (Å²) in [6.07, 6.45) is 1.42. The highest BCUT2D eigenvalue weighted by molar-refractivity contribution is 5.96. The molecule has 4 rings (SSSR count). The second-order valence-corrected chi connectivity index (χ2v) is 6.98. The van der Waals surface area contributed by atoms with E-state index in [1.807, 2.05) is 30.3 Å². The third kappa shape index (κ3) is 3.55. The third-order valence-corrected chi connectivity index (χ3v) is 5.24. The van der Waals surface area contributed by atoms with Gasteiger partial charge in [0.05, 0.1) is 17.6 Å². The van der Waals surface area contributed by atoms with Crippen molar-refractivity contribution in [2.75, 3.05) is 19.6 Å². The second-order valence-electron chi connectivity index (χ2n) is 6.98. The predicted octanol–water partition coefficient (Wildman–Crippen LogP) is 1.92. The predicted molar refractivity (Wildman–Crippen MR) is 106 cm³/mol. The Balaban J connectivity index is 1.35. The van der Waals surface area contributed by atoms with E-state index in [1.165, 1.54) is 0 Å². The van der Waals surface area contributed by atoms with E-state index < -0.39 is 0 Å². The van der Waals surface area contributed by atoms with E-state index in [1.54, 1.807) is 33.7 Å². The number of aromatic nitrogens is 2. The van der Waals surface area contributed by atoms with E-state index in [2.05, 4.69) is 10.3 Å². The Morgan fingerprint density at radius 1 is 1.00 bits per heavy atom. The van der Waals surface area contributed by atoms with Gasteiger partial charge < -0.3 is 15.2 Å². The van der Waals surface area contributed by atoms with Crippen molar-refractivity contribution in [3.05, 3.63) is 70.6 Å². The molecule has 1 fully saturated rings.